The number of azide groups is 1. The number of thiophene rings is 1. The highest BCUT2D eigenvalue weighted by Crippen LogP contribution is 2.36. The molecular formula is C18H18N6O3S. The van der Waals surface area contributed by atoms with Gasteiger partial charge in [-0.05, 0) is 29.1 Å². The summed E-state index contributed by atoms with van der Waals surface area (Å²) in [6.07, 6.45) is -2.32. The van der Waals surface area contributed by atoms with Gasteiger partial charge >= 0.3 is 0 Å². The molecular weight excluding hydrogens is 380 g/mol. The van der Waals surface area contributed by atoms with Crippen molar-refractivity contribution < 1.29 is 14.9 Å². The quantitative estimate of drug-likeness (QED) is 0.333. The van der Waals surface area contributed by atoms with Crippen LogP contribution in [0, 0.1) is 0 Å². The van der Waals surface area contributed by atoms with Crippen LogP contribution in [0.1, 0.15) is 6.23 Å². The summed E-state index contributed by atoms with van der Waals surface area (Å²) in [5, 5.41) is 33.9. The van der Waals surface area contributed by atoms with Gasteiger partial charge in [0.1, 0.15) is 17.9 Å². The Bertz CT molecular complexity index is 971. The van der Waals surface area contributed by atoms with Crippen molar-refractivity contribution in [3.63, 3.8) is 0 Å². The van der Waals surface area contributed by atoms with E-state index in [4.69, 9.17) is 10.3 Å². The number of rotatable bonds is 6. The Morgan fingerprint density at radius 2 is 2.04 bits per heavy atom. The average Bonchev–Trinajstić information content (AvgIpc) is 3.43. The topological polar surface area (TPSA) is 128 Å². The molecule has 3 heterocycles. The standard InChI is InChI=1S/C18H18N6O3S/c19-23-20-9-13-16(25)17(26)18(27-13)24-10-12(21-11-5-2-1-3-6-11)15(22-24)14-7-4-8-28-14/h1-8,10,13,16-18,21,25-26H,9H2/t13-,16-,17-,18-/m1/s1. The van der Waals surface area contributed by atoms with E-state index in [9.17, 15) is 10.2 Å². The van der Waals surface area contributed by atoms with Crippen molar-refractivity contribution in [1.82, 2.24) is 9.78 Å². The lowest BCUT2D eigenvalue weighted by atomic mass is 10.1. The molecule has 4 rings (SSSR count). The average molecular weight is 398 g/mol. The van der Waals surface area contributed by atoms with Crippen LogP contribution in [0.5, 0.6) is 0 Å². The SMILES string of the molecule is [N-]=[N+]=NC[C@H]1O[C@@H](n2cc(Nc3ccccc3)c(-c3cccs3)n2)[C@H](O)[C@@H]1O. The van der Waals surface area contributed by atoms with Crippen LogP contribution in [0.3, 0.4) is 0 Å². The van der Waals surface area contributed by atoms with Crippen LogP contribution < -0.4 is 5.32 Å². The van der Waals surface area contributed by atoms with Crippen LogP contribution >= 0.6 is 11.3 Å². The Morgan fingerprint density at radius 3 is 2.75 bits per heavy atom. The number of ether oxygens (including phenoxy) is 1. The first-order chi connectivity index (χ1) is 13.7. The molecule has 0 bridgehead atoms. The third-order valence-corrected chi connectivity index (χ3v) is 5.34. The smallest absolute Gasteiger partial charge is 0.179 e. The number of para-hydroxylation sites is 1. The number of aliphatic hydroxyl groups excluding tert-OH is 2. The number of nitrogens with zero attached hydrogens (tertiary/aromatic N) is 5. The highest BCUT2D eigenvalue weighted by atomic mass is 32.1. The minimum Gasteiger partial charge on any atom is -0.388 e. The van der Waals surface area contributed by atoms with E-state index in [1.54, 1.807) is 17.5 Å². The van der Waals surface area contributed by atoms with Crippen LogP contribution in [0.4, 0.5) is 11.4 Å². The Morgan fingerprint density at radius 1 is 1.21 bits per heavy atom. The van der Waals surface area contributed by atoms with Crippen molar-refractivity contribution >= 4 is 22.7 Å². The van der Waals surface area contributed by atoms with Gasteiger partial charge in [-0.15, -0.1) is 11.3 Å². The molecule has 0 spiro atoms. The summed E-state index contributed by atoms with van der Waals surface area (Å²) in [7, 11) is 0. The molecule has 9 nitrogen and oxygen atoms in total. The molecule has 3 N–H and O–H groups in total. The van der Waals surface area contributed by atoms with Gasteiger partial charge in [-0.2, -0.15) is 5.10 Å². The largest absolute Gasteiger partial charge is 0.388 e. The van der Waals surface area contributed by atoms with Crippen molar-refractivity contribution in [3.05, 3.63) is 64.5 Å². The molecule has 2 aromatic heterocycles. The summed E-state index contributed by atoms with van der Waals surface area (Å²) >= 11 is 1.55. The molecule has 1 fully saturated rings. The Hall–Kier alpha value is -2.88. The number of hydrogen-bond acceptors (Lipinski definition) is 7. The predicted octanol–water partition coefficient (Wildman–Crippen LogP) is 3.28. The van der Waals surface area contributed by atoms with Gasteiger partial charge in [-0.25, -0.2) is 4.68 Å². The van der Waals surface area contributed by atoms with E-state index in [-0.39, 0.29) is 6.54 Å². The molecule has 28 heavy (non-hydrogen) atoms. The van der Waals surface area contributed by atoms with Crippen LogP contribution in [0.25, 0.3) is 21.0 Å². The molecule has 1 aromatic carbocycles. The zero-order chi connectivity index (χ0) is 19.5. The second-order valence-electron chi connectivity index (χ2n) is 6.30. The van der Waals surface area contributed by atoms with Crippen molar-refractivity contribution in [2.24, 2.45) is 5.11 Å². The molecule has 0 radical (unpaired) electrons. The molecule has 0 aliphatic carbocycles. The second-order valence-corrected chi connectivity index (χ2v) is 7.25. The summed E-state index contributed by atoms with van der Waals surface area (Å²) in [5.41, 5.74) is 10.8. The van der Waals surface area contributed by atoms with Crippen LogP contribution in [0.2, 0.25) is 0 Å². The summed E-state index contributed by atoms with van der Waals surface area (Å²) in [6.45, 7) is -0.0700. The maximum atomic E-state index is 10.4. The third kappa shape index (κ3) is 3.59. The summed E-state index contributed by atoms with van der Waals surface area (Å²) < 4.78 is 7.21. The van der Waals surface area contributed by atoms with Crippen molar-refractivity contribution in [3.8, 4) is 10.6 Å². The van der Waals surface area contributed by atoms with Gasteiger partial charge in [0.2, 0.25) is 0 Å². The van der Waals surface area contributed by atoms with Crippen molar-refractivity contribution in [2.45, 2.75) is 24.5 Å². The number of benzene rings is 1. The van der Waals surface area contributed by atoms with E-state index < -0.39 is 24.5 Å². The molecule has 0 amide bonds. The Labute approximate surface area is 164 Å². The summed E-state index contributed by atoms with van der Waals surface area (Å²) in [4.78, 5) is 3.63. The van der Waals surface area contributed by atoms with E-state index in [0.717, 1.165) is 16.3 Å². The van der Waals surface area contributed by atoms with Gasteiger partial charge < -0.3 is 20.3 Å². The number of nitrogens with one attached hydrogen (secondary N) is 1. The highest BCUT2D eigenvalue weighted by molar-refractivity contribution is 7.13. The molecule has 144 valence electrons. The lowest BCUT2D eigenvalue weighted by Gasteiger charge is -2.14. The maximum Gasteiger partial charge on any atom is 0.179 e. The molecule has 0 unspecified atom stereocenters. The molecule has 0 saturated carbocycles. The van der Waals surface area contributed by atoms with Gasteiger partial charge in [0.25, 0.3) is 0 Å². The first-order valence-corrected chi connectivity index (χ1v) is 9.53. The van der Waals surface area contributed by atoms with E-state index in [2.05, 4.69) is 20.4 Å². The number of aromatic nitrogens is 2. The van der Waals surface area contributed by atoms with Gasteiger partial charge in [0, 0.05) is 10.6 Å². The minimum absolute atomic E-state index is 0.0700. The van der Waals surface area contributed by atoms with Crippen LogP contribution in [0.15, 0.2) is 59.2 Å². The lowest BCUT2D eigenvalue weighted by Crippen LogP contribution is -2.32. The van der Waals surface area contributed by atoms with Gasteiger partial charge in [-0.3, -0.25) is 0 Å². The van der Waals surface area contributed by atoms with Crippen LogP contribution in [-0.4, -0.2) is 44.9 Å². The molecule has 1 aliphatic heterocycles. The van der Waals surface area contributed by atoms with Gasteiger partial charge in [-0.1, -0.05) is 29.4 Å². The first kappa shape index (κ1) is 18.5. The molecule has 4 atom stereocenters. The number of hydrogen-bond donors (Lipinski definition) is 3. The number of anilines is 2. The fourth-order valence-electron chi connectivity index (χ4n) is 3.10. The zero-order valence-corrected chi connectivity index (χ0v) is 15.5. The third-order valence-electron chi connectivity index (χ3n) is 4.46. The fraction of sp³-hybridized carbons (Fsp3) is 0.278. The molecule has 1 aliphatic rings. The van der Waals surface area contributed by atoms with E-state index in [1.807, 2.05) is 47.8 Å². The number of aliphatic hydroxyl groups is 2. The van der Waals surface area contributed by atoms with Crippen molar-refractivity contribution in [2.75, 3.05) is 11.9 Å². The molecule has 10 heteroatoms. The summed E-state index contributed by atoms with van der Waals surface area (Å²) in [5.74, 6) is 0. The van der Waals surface area contributed by atoms with Gasteiger partial charge in [0.05, 0.1) is 29.4 Å². The highest BCUT2D eigenvalue weighted by Gasteiger charge is 2.44. The predicted molar refractivity (Wildman–Crippen MR) is 105 cm³/mol. The van der Waals surface area contributed by atoms with E-state index in [0.29, 0.717) is 5.69 Å². The normalized spacial score (nSPS) is 24.1. The van der Waals surface area contributed by atoms with Crippen LogP contribution in [-0.2, 0) is 4.74 Å². The first-order valence-electron chi connectivity index (χ1n) is 8.65. The minimum atomic E-state index is -1.19. The van der Waals surface area contributed by atoms with E-state index in [1.165, 1.54) is 4.68 Å². The summed E-state index contributed by atoms with van der Waals surface area (Å²) in [6, 6.07) is 13.6. The van der Waals surface area contributed by atoms with Crippen molar-refractivity contribution in [1.29, 1.82) is 0 Å². The molecule has 3 aromatic rings. The zero-order valence-electron chi connectivity index (χ0n) is 14.7. The monoisotopic (exact) mass is 398 g/mol. The lowest BCUT2D eigenvalue weighted by molar-refractivity contribution is -0.0415. The van der Waals surface area contributed by atoms with E-state index >= 15 is 0 Å². The Kier molecular flexibility index (Phi) is 5.29. The second kappa shape index (κ2) is 8.01. The Balaban J connectivity index is 1.66. The maximum absolute atomic E-state index is 10.4. The fourth-order valence-corrected chi connectivity index (χ4v) is 3.82. The van der Waals surface area contributed by atoms with Gasteiger partial charge in [0.15, 0.2) is 6.23 Å². The molecule has 1 saturated heterocycles.